The minimum atomic E-state index is -1.09. The van der Waals surface area contributed by atoms with Crippen molar-refractivity contribution in [2.75, 3.05) is 5.33 Å². The van der Waals surface area contributed by atoms with Crippen LogP contribution in [0.4, 0.5) is 0 Å². The summed E-state index contributed by atoms with van der Waals surface area (Å²) in [6.45, 7) is 0. The molecule has 1 aliphatic rings. The van der Waals surface area contributed by atoms with Crippen LogP contribution in [0.15, 0.2) is 40.9 Å². The Morgan fingerprint density at radius 2 is 2.05 bits per heavy atom. The fourth-order valence-electron chi connectivity index (χ4n) is 2.74. The second kappa shape index (κ2) is 5.70. The van der Waals surface area contributed by atoms with Crippen LogP contribution < -0.4 is 0 Å². The average molecular weight is 336 g/mol. The van der Waals surface area contributed by atoms with Crippen molar-refractivity contribution in [1.29, 1.82) is 0 Å². The third kappa shape index (κ3) is 2.31. The van der Waals surface area contributed by atoms with Gasteiger partial charge in [0.25, 0.3) is 0 Å². The molecule has 1 saturated carbocycles. The second-order valence-corrected chi connectivity index (χ2v) is 6.12. The Balaban J connectivity index is 2.00. The molecule has 0 aliphatic heterocycles. The smallest absolute Gasteiger partial charge is 0.231 e. The van der Waals surface area contributed by atoms with E-state index in [4.69, 9.17) is 4.42 Å². The van der Waals surface area contributed by atoms with E-state index in [0.29, 0.717) is 5.89 Å². The number of aromatic nitrogens is 1. The lowest BCUT2D eigenvalue weighted by Gasteiger charge is -2.39. The Kier molecular flexibility index (Phi) is 3.94. The Morgan fingerprint density at radius 3 is 2.65 bits per heavy atom. The summed E-state index contributed by atoms with van der Waals surface area (Å²) in [6.07, 6.45) is 5.70. The van der Waals surface area contributed by atoms with Crippen molar-refractivity contribution in [3.05, 3.63) is 53.7 Å². The number of hydrogen-bond donors (Lipinski definition) is 1. The molecule has 1 fully saturated rings. The molecule has 106 valence electrons. The molecule has 1 N–H and O–H groups in total. The molecule has 0 radical (unpaired) electrons. The summed E-state index contributed by atoms with van der Waals surface area (Å²) in [5.41, 5.74) is -0.221. The van der Waals surface area contributed by atoms with Gasteiger partial charge >= 0.3 is 0 Å². The molecule has 1 unspecified atom stereocenters. The first-order chi connectivity index (χ1) is 9.75. The summed E-state index contributed by atoms with van der Waals surface area (Å²) in [6, 6.07) is 9.75. The van der Waals surface area contributed by atoms with E-state index in [9.17, 15) is 5.11 Å². The van der Waals surface area contributed by atoms with Gasteiger partial charge in [-0.2, -0.15) is 0 Å². The van der Waals surface area contributed by atoms with Gasteiger partial charge in [0.05, 0.1) is 6.20 Å². The van der Waals surface area contributed by atoms with Crippen molar-refractivity contribution in [3.63, 3.8) is 0 Å². The first-order valence-corrected chi connectivity index (χ1v) is 8.16. The van der Waals surface area contributed by atoms with Crippen LogP contribution in [0.25, 0.3) is 0 Å². The molecule has 1 atom stereocenters. The lowest BCUT2D eigenvalue weighted by Crippen LogP contribution is -2.40. The zero-order valence-corrected chi connectivity index (χ0v) is 12.8. The predicted octanol–water partition coefficient (Wildman–Crippen LogP) is 3.65. The van der Waals surface area contributed by atoms with Gasteiger partial charge in [0.15, 0.2) is 5.60 Å². The van der Waals surface area contributed by atoms with Gasteiger partial charge in [-0.15, -0.1) is 0 Å². The van der Waals surface area contributed by atoms with Crippen LogP contribution in [0.3, 0.4) is 0 Å². The van der Waals surface area contributed by atoms with Gasteiger partial charge in [0.1, 0.15) is 5.76 Å². The maximum Gasteiger partial charge on any atom is 0.231 e. The van der Waals surface area contributed by atoms with Crippen LogP contribution in [-0.2, 0) is 12.0 Å². The van der Waals surface area contributed by atoms with E-state index in [-0.39, 0.29) is 5.92 Å². The SMILES string of the molecule is OC(c1ccccc1)(c1ncc(CCBr)o1)C1CCC1. The van der Waals surface area contributed by atoms with Crippen LogP contribution in [-0.4, -0.2) is 15.4 Å². The zero-order valence-electron chi connectivity index (χ0n) is 11.3. The molecule has 1 heterocycles. The number of benzene rings is 1. The summed E-state index contributed by atoms with van der Waals surface area (Å²) in [4.78, 5) is 4.35. The molecule has 0 bridgehead atoms. The Labute approximate surface area is 127 Å². The topological polar surface area (TPSA) is 46.3 Å². The third-order valence-electron chi connectivity index (χ3n) is 4.13. The van der Waals surface area contributed by atoms with Crippen molar-refractivity contribution < 1.29 is 9.52 Å². The van der Waals surface area contributed by atoms with E-state index in [1.54, 1.807) is 6.20 Å². The maximum absolute atomic E-state index is 11.3. The van der Waals surface area contributed by atoms with Crippen LogP contribution in [0.1, 0.15) is 36.5 Å². The largest absolute Gasteiger partial charge is 0.442 e. The number of oxazole rings is 1. The highest BCUT2D eigenvalue weighted by Gasteiger charge is 2.46. The Hall–Kier alpha value is -1.13. The monoisotopic (exact) mass is 335 g/mol. The number of hydrogen-bond acceptors (Lipinski definition) is 3. The van der Waals surface area contributed by atoms with Crippen LogP contribution in [0.2, 0.25) is 0 Å². The van der Waals surface area contributed by atoms with Crippen molar-refractivity contribution in [2.45, 2.75) is 31.3 Å². The molecule has 1 aliphatic carbocycles. The van der Waals surface area contributed by atoms with Crippen LogP contribution in [0, 0.1) is 5.92 Å². The zero-order chi connectivity index (χ0) is 14.0. The maximum atomic E-state index is 11.3. The number of aliphatic hydroxyl groups is 1. The summed E-state index contributed by atoms with van der Waals surface area (Å²) >= 11 is 3.39. The summed E-state index contributed by atoms with van der Waals surface area (Å²) in [5.74, 6) is 1.44. The minimum absolute atomic E-state index is 0.195. The molecular formula is C16H18BrNO2. The summed E-state index contributed by atoms with van der Waals surface area (Å²) in [5, 5.41) is 12.1. The molecule has 2 aromatic rings. The van der Waals surface area contributed by atoms with E-state index < -0.39 is 5.60 Å². The summed E-state index contributed by atoms with van der Waals surface area (Å²) < 4.78 is 5.81. The van der Waals surface area contributed by atoms with Gasteiger partial charge in [-0.25, -0.2) is 4.98 Å². The molecule has 1 aromatic carbocycles. The lowest BCUT2D eigenvalue weighted by atomic mass is 9.69. The number of halogens is 1. The van der Waals surface area contributed by atoms with Crippen molar-refractivity contribution in [3.8, 4) is 0 Å². The van der Waals surface area contributed by atoms with E-state index >= 15 is 0 Å². The van der Waals surface area contributed by atoms with Crippen molar-refractivity contribution in [1.82, 2.24) is 4.98 Å². The predicted molar refractivity (Wildman–Crippen MR) is 80.8 cm³/mol. The fraction of sp³-hybridized carbons (Fsp3) is 0.438. The van der Waals surface area contributed by atoms with Gasteiger partial charge in [0, 0.05) is 17.7 Å². The summed E-state index contributed by atoms with van der Waals surface area (Å²) in [7, 11) is 0. The first kappa shape index (κ1) is 13.8. The Bertz CT molecular complexity index is 565. The van der Waals surface area contributed by atoms with E-state index in [1.807, 2.05) is 30.3 Å². The standard InChI is InChI=1S/C16H18BrNO2/c17-10-9-14-11-18-15(20-14)16(19,13-7-4-8-13)12-5-2-1-3-6-12/h1-3,5-6,11,13,19H,4,7-10H2. The van der Waals surface area contributed by atoms with E-state index in [1.165, 1.54) is 0 Å². The molecule has 20 heavy (non-hydrogen) atoms. The molecule has 0 saturated heterocycles. The van der Waals surface area contributed by atoms with Gasteiger partial charge in [-0.05, 0) is 18.4 Å². The first-order valence-electron chi connectivity index (χ1n) is 7.04. The van der Waals surface area contributed by atoms with Crippen LogP contribution in [0.5, 0.6) is 0 Å². The van der Waals surface area contributed by atoms with Gasteiger partial charge in [0.2, 0.25) is 5.89 Å². The third-order valence-corrected chi connectivity index (χ3v) is 4.53. The second-order valence-electron chi connectivity index (χ2n) is 5.33. The van der Waals surface area contributed by atoms with Gasteiger partial charge in [-0.1, -0.05) is 52.7 Å². The highest BCUT2D eigenvalue weighted by Crippen LogP contribution is 2.46. The number of rotatable bonds is 5. The quantitative estimate of drug-likeness (QED) is 0.848. The molecule has 3 nitrogen and oxygen atoms in total. The van der Waals surface area contributed by atoms with Crippen molar-refractivity contribution >= 4 is 15.9 Å². The Morgan fingerprint density at radius 1 is 1.30 bits per heavy atom. The fourth-order valence-corrected chi connectivity index (χ4v) is 3.14. The highest BCUT2D eigenvalue weighted by atomic mass is 79.9. The molecule has 3 rings (SSSR count). The van der Waals surface area contributed by atoms with E-state index in [0.717, 1.165) is 42.3 Å². The number of nitrogens with zero attached hydrogens (tertiary/aromatic N) is 1. The van der Waals surface area contributed by atoms with Gasteiger partial charge < -0.3 is 9.52 Å². The highest BCUT2D eigenvalue weighted by molar-refractivity contribution is 9.09. The molecule has 1 aromatic heterocycles. The number of alkyl halides is 1. The molecule has 0 spiro atoms. The van der Waals surface area contributed by atoms with Crippen LogP contribution >= 0.6 is 15.9 Å². The lowest BCUT2D eigenvalue weighted by molar-refractivity contribution is -0.0413. The number of aryl methyl sites for hydroxylation is 1. The molecule has 4 heteroatoms. The molecule has 0 amide bonds. The minimum Gasteiger partial charge on any atom is -0.442 e. The van der Waals surface area contributed by atoms with Gasteiger partial charge in [-0.3, -0.25) is 0 Å². The van der Waals surface area contributed by atoms with Crippen molar-refractivity contribution in [2.24, 2.45) is 5.92 Å². The normalized spacial score (nSPS) is 18.5. The van der Waals surface area contributed by atoms with E-state index in [2.05, 4.69) is 20.9 Å². The average Bonchev–Trinajstić information content (AvgIpc) is 2.87. The molecular weight excluding hydrogens is 318 g/mol.